The Bertz CT molecular complexity index is 205. The number of likely N-dealkylation sites (tertiary alicyclic amines) is 1. The SMILES string of the molecule is CCN(CC)C(=O)CN1CCC(CO)C1. The summed E-state index contributed by atoms with van der Waals surface area (Å²) < 4.78 is 0. The summed E-state index contributed by atoms with van der Waals surface area (Å²) in [5, 5.41) is 9.00. The molecule has 0 bridgehead atoms. The fourth-order valence-corrected chi connectivity index (χ4v) is 2.07. The van der Waals surface area contributed by atoms with Gasteiger partial charge in [0, 0.05) is 26.2 Å². The predicted octanol–water partition coefficient (Wildman–Crippen LogP) is 0.169. The maximum atomic E-state index is 11.8. The second kappa shape index (κ2) is 6.08. The first-order valence-corrected chi connectivity index (χ1v) is 5.82. The fourth-order valence-electron chi connectivity index (χ4n) is 2.07. The average Bonchev–Trinajstić information content (AvgIpc) is 2.67. The smallest absolute Gasteiger partial charge is 0.236 e. The molecule has 1 saturated heterocycles. The highest BCUT2D eigenvalue weighted by Gasteiger charge is 2.24. The van der Waals surface area contributed by atoms with E-state index in [9.17, 15) is 4.79 Å². The van der Waals surface area contributed by atoms with Crippen molar-refractivity contribution in [3.63, 3.8) is 0 Å². The van der Waals surface area contributed by atoms with Crippen molar-refractivity contribution in [3.8, 4) is 0 Å². The van der Waals surface area contributed by atoms with E-state index in [0.29, 0.717) is 12.5 Å². The zero-order chi connectivity index (χ0) is 11.3. The van der Waals surface area contributed by atoms with Crippen molar-refractivity contribution in [2.24, 2.45) is 5.92 Å². The number of rotatable bonds is 5. The molecule has 0 spiro atoms. The molecule has 1 heterocycles. The quantitative estimate of drug-likeness (QED) is 0.709. The molecule has 0 aromatic carbocycles. The van der Waals surface area contributed by atoms with Gasteiger partial charge in [-0.3, -0.25) is 9.69 Å². The van der Waals surface area contributed by atoms with Crippen molar-refractivity contribution in [1.29, 1.82) is 0 Å². The van der Waals surface area contributed by atoms with Gasteiger partial charge in [-0.1, -0.05) is 0 Å². The van der Waals surface area contributed by atoms with Crippen LogP contribution in [0.25, 0.3) is 0 Å². The van der Waals surface area contributed by atoms with Gasteiger partial charge >= 0.3 is 0 Å². The number of aliphatic hydroxyl groups excluding tert-OH is 1. The number of hydrogen-bond acceptors (Lipinski definition) is 3. The summed E-state index contributed by atoms with van der Waals surface area (Å²) in [5.41, 5.74) is 0. The molecular weight excluding hydrogens is 192 g/mol. The van der Waals surface area contributed by atoms with Gasteiger partial charge in [0.2, 0.25) is 5.91 Å². The second-order valence-corrected chi connectivity index (χ2v) is 4.14. The summed E-state index contributed by atoms with van der Waals surface area (Å²) in [6.45, 7) is 8.14. The molecule has 4 heteroatoms. The van der Waals surface area contributed by atoms with E-state index in [1.807, 2.05) is 18.7 Å². The largest absolute Gasteiger partial charge is 0.396 e. The Balaban J connectivity index is 2.32. The second-order valence-electron chi connectivity index (χ2n) is 4.14. The number of likely N-dealkylation sites (N-methyl/N-ethyl adjacent to an activating group) is 1. The van der Waals surface area contributed by atoms with E-state index in [0.717, 1.165) is 32.6 Å². The molecule has 1 aliphatic heterocycles. The van der Waals surface area contributed by atoms with Crippen LogP contribution in [0.5, 0.6) is 0 Å². The Morgan fingerprint density at radius 1 is 1.47 bits per heavy atom. The molecule has 15 heavy (non-hydrogen) atoms. The zero-order valence-corrected chi connectivity index (χ0v) is 9.78. The zero-order valence-electron chi connectivity index (χ0n) is 9.78. The number of carbonyl (C=O) groups is 1. The summed E-state index contributed by atoms with van der Waals surface area (Å²) in [6, 6.07) is 0. The van der Waals surface area contributed by atoms with Crippen LogP contribution in [0.4, 0.5) is 0 Å². The first kappa shape index (κ1) is 12.5. The van der Waals surface area contributed by atoms with E-state index in [1.54, 1.807) is 0 Å². The summed E-state index contributed by atoms with van der Waals surface area (Å²) in [4.78, 5) is 15.8. The Hall–Kier alpha value is -0.610. The van der Waals surface area contributed by atoms with Gasteiger partial charge in [-0.2, -0.15) is 0 Å². The monoisotopic (exact) mass is 214 g/mol. The maximum Gasteiger partial charge on any atom is 0.236 e. The Labute approximate surface area is 91.9 Å². The lowest BCUT2D eigenvalue weighted by atomic mass is 10.1. The van der Waals surface area contributed by atoms with Crippen molar-refractivity contribution in [2.45, 2.75) is 20.3 Å². The molecule has 88 valence electrons. The molecule has 1 unspecified atom stereocenters. The molecule has 1 atom stereocenters. The Morgan fingerprint density at radius 3 is 2.60 bits per heavy atom. The molecule has 0 saturated carbocycles. The van der Waals surface area contributed by atoms with Crippen molar-refractivity contribution in [3.05, 3.63) is 0 Å². The lowest BCUT2D eigenvalue weighted by molar-refractivity contribution is -0.131. The highest BCUT2D eigenvalue weighted by atomic mass is 16.3. The Morgan fingerprint density at radius 2 is 2.13 bits per heavy atom. The highest BCUT2D eigenvalue weighted by molar-refractivity contribution is 5.78. The minimum absolute atomic E-state index is 0.207. The Kier molecular flexibility index (Phi) is 5.05. The normalized spacial score (nSPS) is 21.9. The summed E-state index contributed by atoms with van der Waals surface area (Å²) in [7, 11) is 0. The van der Waals surface area contributed by atoms with E-state index in [-0.39, 0.29) is 12.5 Å². The van der Waals surface area contributed by atoms with Crippen molar-refractivity contribution in [2.75, 3.05) is 39.3 Å². The molecule has 0 aliphatic carbocycles. The standard InChI is InChI=1S/C11H22N2O2/c1-3-13(4-2)11(15)8-12-6-5-10(7-12)9-14/h10,14H,3-9H2,1-2H3. The first-order chi connectivity index (χ1) is 7.21. The van der Waals surface area contributed by atoms with Crippen LogP contribution in [0.15, 0.2) is 0 Å². The molecule has 4 nitrogen and oxygen atoms in total. The van der Waals surface area contributed by atoms with Crippen LogP contribution in [0.2, 0.25) is 0 Å². The summed E-state index contributed by atoms with van der Waals surface area (Å²) in [6.07, 6.45) is 1.02. The molecule has 0 aromatic rings. The van der Waals surface area contributed by atoms with Gasteiger partial charge in [0.1, 0.15) is 0 Å². The van der Waals surface area contributed by atoms with E-state index >= 15 is 0 Å². The summed E-state index contributed by atoms with van der Waals surface area (Å²) >= 11 is 0. The third-order valence-corrected chi connectivity index (χ3v) is 3.10. The minimum atomic E-state index is 0.207. The molecule has 1 rings (SSSR count). The van der Waals surface area contributed by atoms with Crippen LogP contribution < -0.4 is 0 Å². The molecular formula is C11H22N2O2. The van der Waals surface area contributed by atoms with Crippen LogP contribution in [0, 0.1) is 5.92 Å². The number of carbonyl (C=O) groups excluding carboxylic acids is 1. The molecule has 0 radical (unpaired) electrons. The van der Waals surface area contributed by atoms with Gasteiger partial charge in [0.25, 0.3) is 0 Å². The van der Waals surface area contributed by atoms with E-state index in [2.05, 4.69) is 4.90 Å². The van der Waals surface area contributed by atoms with E-state index in [1.165, 1.54) is 0 Å². The lowest BCUT2D eigenvalue weighted by Crippen LogP contribution is -2.39. The average molecular weight is 214 g/mol. The van der Waals surface area contributed by atoms with Crippen LogP contribution in [0.3, 0.4) is 0 Å². The molecule has 0 aromatic heterocycles. The van der Waals surface area contributed by atoms with Crippen LogP contribution in [-0.2, 0) is 4.79 Å². The lowest BCUT2D eigenvalue weighted by Gasteiger charge is -2.22. The summed E-state index contributed by atoms with van der Waals surface area (Å²) in [5.74, 6) is 0.577. The number of nitrogens with zero attached hydrogens (tertiary/aromatic N) is 2. The number of hydrogen-bond donors (Lipinski definition) is 1. The van der Waals surface area contributed by atoms with Crippen molar-refractivity contribution in [1.82, 2.24) is 9.80 Å². The van der Waals surface area contributed by atoms with Crippen LogP contribution in [-0.4, -0.2) is 60.1 Å². The van der Waals surface area contributed by atoms with Gasteiger partial charge in [0.05, 0.1) is 6.54 Å². The topological polar surface area (TPSA) is 43.8 Å². The molecule has 1 aliphatic rings. The molecule has 1 N–H and O–H groups in total. The number of aliphatic hydroxyl groups is 1. The molecule has 1 fully saturated rings. The van der Waals surface area contributed by atoms with Crippen LogP contribution in [0.1, 0.15) is 20.3 Å². The number of amides is 1. The van der Waals surface area contributed by atoms with Crippen molar-refractivity contribution < 1.29 is 9.90 Å². The molecule has 1 amide bonds. The van der Waals surface area contributed by atoms with E-state index in [4.69, 9.17) is 5.11 Å². The third kappa shape index (κ3) is 3.47. The van der Waals surface area contributed by atoms with Gasteiger partial charge in [0.15, 0.2) is 0 Å². The van der Waals surface area contributed by atoms with E-state index < -0.39 is 0 Å². The minimum Gasteiger partial charge on any atom is -0.396 e. The fraction of sp³-hybridized carbons (Fsp3) is 0.909. The van der Waals surface area contributed by atoms with Gasteiger partial charge in [-0.25, -0.2) is 0 Å². The highest BCUT2D eigenvalue weighted by Crippen LogP contribution is 2.14. The third-order valence-electron chi connectivity index (χ3n) is 3.10. The maximum absolute atomic E-state index is 11.8. The van der Waals surface area contributed by atoms with Gasteiger partial charge in [-0.05, 0) is 32.7 Å². The van der Waals surface area contributed by atoms with Crippen LogP contribution >= 0.6 is 0 Å². The van der Waals surface area contributed by atoms with Gasteiger partial charge in [-0.15, -0.1) is 0 Å². The van der Waals surface area contributed by atoms with Crippen molar-refractivity contribution >= 4 is 5.91 Å². The predicted molar refractivity (Wildman–Crippen MR) is 59.6 cm³/mol. The van der Waals surface area contributed by atoms with Gasteiger partial charge < -0.3 is 10.0 Å². The first-order valence-electron chi connectivity index (χ1n) is 5.82.